The number of hydrogen-bond donors (Lipinski definition) is 2. The van der Waals surface area contributed by atoms with Crippen LogP contribution in [0.15, 0.2) is 53.4 Å². The van der Waals surface area contributed by atoms with Crippen LogP contribution in [0.3, 0.4) is 0 Å². The molecule has 0 aliphatic carbocycles. The Morgan fingerprint density at radius 3 is 2.69 bits per heavy atom. The largest absolute Gasteiger partial charge is 0.333 e. The number of aryl methyl sites for hydroxylation is 1. The first-order valence-corrected chi connectivity index (χ1v) is 10.7. The summed E-state index contributed by atoms with van der Waals surface area (Å²) in [5.41, 5.74) is 3.26. The summed E-state index contributed by atoms with van der Waals surface area (Å²) in [6.45, 7) is 4.32. The van der Waals surface area contributed by atoms with E-state index in [9.17, 15) is 9.59 Å². The van der Waals surface area contributed by atoms with Crippen LogP contribution < -0.4 is 10.6 Å². The van der Waals surface area contributed by atoms with Gasteiger partial charge < -0.3 is 15.5 Å². The summed E-state index contributed by atoms with van der Waals surface area (Å²) in [6, 6.07) is 16.3. The summed E-state index contributed by atoms with van der Waals surface area (Å²) < 4.78 is 0. The van der Waals surface area contributed by atoms with Crippen molar-refractivity contribution in [3.05, 3.63) is 59.7 Å². The van der Waals surface area contributed by atoms with Crippen LogP contribution in [0.1, 0.15) is 30.5 Å². The molecule has 2 atom stereocenters. The van der Waals surface area contributed by atoms with Gasteiger partial charge in [0.25, 0.3) is 0 Å². The number of amides is 2. The van der Waals surface area contributed by atoms with Crippen molar-refractivity contribution in [2.24, 2.45) is 0 Å². The number of halogens is 1. The van der Waals surface area contributed by atoms with E-state index in [-0.39, 0.29) is 41.9 Å². The molecule has 29 heavy (non-hydrogen) atoms. The summed E-state index contributed by atoms with van der Waals surface area (Å²) in [5, 5.41) is 5.94. The fourth-order valence-corrected chi connectivity index (χ4v) is 4.88. The van der Waals surface area contributed by atoms with Gasteiger partial charge in [-0.3, -0.25) is 9.59 Å². The molecule has 0 aromatic heterocycles. The Morgan fingerprint density at radius 1 is 1.17 bits per heavy atom. The summed E-state index contributed by atoms with van der Waals surface area (Å²) in [7, 11) is 0. The van der Waals surface area contributed by atoms with Gasteiger partial charge in [-0.15, -0.1) is 24.2 Å². The first kappa shape index (κ1) is 21.7. The third kappa shape index (κ3) is 4.77. The van der Waals surface area contributed by atoms with Crippen LogP contribution >= 0.6 is 24.2 Å². The predicted molar refractivity (Wildman–Crippen MR) is 120 cm³/mol. The zero-order valence-corrected chi connectivity index (χ0v) is 18.0. The maximum Gasteiger partial charge on any atom is 0.238 e. The standard InChI is InChI=1S/C22H25N3O2S.ClH/c1-2-15-7-9-16(10-8-15)18-14-23-11-12-25(18)21(26)13-20-22(27)24-17-5-3-4-6-19(17)28-20;/h3-10,18,20,23H,2,11-14H2,1H3,(H,24,27);1H. The molecule has 0 radical (unpaired) electrons. The maximum absolute atomic E-state index is 13.1. The third-order valence-corrected chi connectivity index (χ3v) is 6.68. The molecule has 2 aromatic rings. The summed E-state index contributed by atoms with van der Waals surface area (Å²) >= 11 is 1.48. The Morgan fingerprint density at radius 2 is 1.93 bits per heavy atom. The minimum atomic E-state index is -0.389. The van der Waals surface area contributed by atoms with Gasteiger partial charge >= 0.3 is 0 Å². The van der Waals surface area contributed by atoms with Crippen LogP contribution in [0, 0.1) is 0 Å². The number of fused-ring (bicyclic) bond motifs is 1. The van der Waals surface area contributed by atoms with Crippen LogP contribution in [0.5, 0.6) is 0 Å². The zero-order chi connectivity index (χ0) is 19.5. The van der Waals surface area contributed by atoms with Crippen molar-refractivity contribution in [2.75, 3.05) is 25.0 Å². The third-order valence-electron chi connectivity index (χ3n) is 5.40. The molecule has 1 fully saturated rings. The highest BCUT2D eigenvalue weighted by molar-refractivity contribution is 8.01. The molecule has 4 rings (SSSR count). The van der Waals surface area contributed by atoms with Gasteiger partial charge in [0.1, 0.15) is 0 Å². The molecular weight excluding hydrogens is 406 g/mol. The van der Waals surface area contributed by atoms with Crippen LogP contribution in [0.2, 0.25) is 0 Å². The maximum atomic E-state index is 13.1. The Labute approximate surface area is 182 Å². The molecule has 2 unspecified atom stereocenters. The molecule has 7 heteroatoms. The summed E-state index contributed by atoms with van der Waals surface area (Å²) in [4.78, 5) is 28.6. The molecule has 2 aromatic carbocycles. The number of hydrogen-bond acceptors (Lipinski definition) is 4. The molecule has 2 N–H and O–H groups in total. The summed E-state index contributed by atoms with van der Waals surface area (Å²) in [6.07, 6.45) is 1.22. The van der Waals surface area contributed by atoms with Crippen LogP contribution in [0.4, 0.5) is 5.69 Å². The number of rotatable bonds is 4. The number of anilines is 1. The van der Waals surface area contributed by atoms with Gasteiger partial charge in [-0.05, 0) is 29.7 Å². The number of para-hydroxylation sites is 1. The minimum Gasteiger partial charge on any atom is -0.333 e. The minimum absolute atomic E-state index is 0. The smallest absolute Gasteiger partial charge is 0.238 e. The zero-order valence-electron chi connectivity index (χ0n) is 16.4. The Balaban J connectivity index is 0.00000240. The van der Waals surface area contributed by atoms with Crippen molar-refractivity contribution < 1.29 is 9.59 Å². The van der Waals surface area contributed by atoms with E-state index in [1.807, 2.05) is 29.2 Å². The number of thioether (sulfide) groups is 1. The molecular formula is C22H26ClN3O2S. The van der Waals surface area contributed by atoms with Gasteiger partial charge in [0.15, 0.2) is 0 Å². The molecule has 2 heterocycles. The Hall–Kier alpha value is -2.02. The number of nitrogens with zero attached hydrogens (tertiary/aromatic N) is 1. The lowest BCUT2D eigenvalue weighted by Crippen LogP contribution is -2.49. The van der Waals surface area contributed by atoms with Gasteiger partial charge in [-0.1, -0.05) is 43.3 Å². The lowest BCUT2D eigenvalue weighted by atomic mass is 10.0. The summed E-state index contributed by atoms with van der Waals surface area (Å²) in [5.74, 6) is -0.0471. The highest BCUT2D eigenvalue weighted by atomic mass is 35.5. The van der Waals surface area contributed by atoms with Crippen molar-refractivity contribution in [1.29, 1.82) is 0 Å². The van der Waals surface area contributed by atoms with Gasteiger partial charge in [0.05, 0.1) is 17.0 Å². The SMILES string of the molecule is CCc1ccc(C2CNCCN2C(=O)CC2Sc3ccccc3NC2=O)cc1.Cl. The molecule has 154 valence electrons. The number of benzene rings is 2. The second-order valence-electron chi connectivity index (χ2n) is 7.20. The first-order chi connectivity index (χ1) is 13.7. The molecule has 0 spiro atoms. The number of carbonyl (C=O) groups excluding carboxylic acids is 2. The van der Waals surface area contributed by atoms with E-state index in [0.717, 1.165) is 35.7 Å². The van der Waals surface area contributed by atoms with E-state index in [2.05, 4.69) is 41.8 Å². The van der Waals surface area contributed by atoms with Crippen LogP contribution in [0.25, 0.3) is 0 Å². The molecule has 0 bridgehead atoms. The average Bonchev–Trinajstić information content (AvgIpc) is 2.74. The van der Waals surface area contributed by atoms with E-state index in [0.29, 0.717) is 6.54 Å². The van der Waals surface area contributed by atoms with Crippen molar-refractivity contribution in [3.63, 3.8) is 0 Å². The highest BCUT2D eigenvalue weighted by Crippen LogP contribution is 2.37. The average molecular weight is 432 g/mol. The second-order valence-corrected chi connectivity index (χ2v) is 8.44. The molecule has 0 saturated carbocycles. The monoisotopic (exact) mass is 431 g/mol. The van der Waals surface area contributed by atoms with E-state index in [1.54, 1.807) is 0 Å². The predicted octanol–water partition coefficient (Wildman–Crippen LogP) is 3.65. The number of nitrogens with one attached hydrogen (secondary N) is 2. The van der Waals surface area contributed by atoms with Crippen molar-refractivity contribution >= 4 is 41.7 Å². The van der Waals surface area contributed by atoms with Crippen molar-refractivity contribution in [3.8, 4) is 0 Å². The lowest BCUT2D eigenvalue weighted by Gasteiger charge is -2.37. The lowest BCUT2D eigenvalue weighted by molar-refractivity contribution is -0.135. The van der Waals surface area contributed by atoms with Crippen LogP contribution in [-0.4, -0.2) is 41.6 Å². The highest BCUT2D eigenvalue weighted by Gasteiger charge is 2.33. The van der Waals surface area contributed by atoms with Crippen molar-refractivity contribution in [2.45, 2.75) is 36.0 Å². The van der Waals surface area contributed by atoms with E-state index >= 15 is 0 Å². The van der Waals surface area contributed by atoms with E-state index in [4.69, 9.17) is 0 Å². The second kappa shape index (κ2) is 9.65. The number of carbonyl (C=O) groups is 2. The van der Waals surface area contributed by atoms with E-state index in [1.165, 1.54) is 17.3 Å². The molecule has 2 amide bonds. The van der Waals surface area contributed by atoms with Crippen LogP contribution in [-0.2, 0) is 16.0 Å². The molecule has 1 saturated heterocycles. The normalized spacial score (nSPS) is 21.0. The van der Waals surface area contributed by atoms with Gasteiger partial charge in [-0.2, -0.15) is 0 Å². The van der Waals surface area contributed by atoms with E-state index < -0.39 is 0 Å². The first-order valence-electron chi connectivity index (χ1n) is 9.81. The molecule has 2 aliphatic heterocycles. The number of piperazine rings is 1. The molecule has 5 nitrogen and oxygen atoms in total. The molecule has 2 aliphatic rings. The van der Waals surface area contributed by atoms with Crippen molar-refractivity contribution in [1.82, 2.24) is 10.2 Å². The topological polar surface area (TPSA) is 61.4 Å². The Bertz CT molecular complexity index is 875. The van der Waals surface area contributed by atoms with Gasteiger partial charge in [-0.25, -0.2) is 0 Å². The van der Waals surface area contributed by atoms with Gasteiger partial charge in [0.2, 0.25) is 11.8 Å². The Kier molecular flexibility index (Phi) is 7.22. The fraction of sp³-hybridized carbons (Fsp3) is 0.364. The quantitative estimate of drug-likeness (QED) is 0.775. The van der Waals surface area contributed by atoms with Gasteiger partial charge in [0, 0.05) is 31.0 Å². The fourth-order valence-electron chi connectivity index (χ4n) is 3.78.